The number of hydrogen-bond donors (Lipinski definition) is 0. The lowest BCUT2D eigenvalue weighted by Crippen LogP contribution is -2.40. The van der Waals surface area contributed by atoms with Gasteiger partial charge in [0.1, 0.15) is 5.76 Å². The average Bonchev–Trinajstić information content (AvgIpc) is 2.18. The van der Waals surface area contributed by atoms with Crippen molar-refractivity contribution in [2.45, 2.75) is 59.2 Å². The lowest BCUT2D eigenvalue weighted by atomic mass is 9.91. The van der Waals surface area contributed by atoms with Crippen LogP contribution in [0.3, 0.4) is 0 Å². The van der Waals surface area contributed by atoms with Crippen molar-refractivity contribution in [2.75, 3.05) is 0 Å². The summed E-state index contributed by atoms with van der Waals surface area (Å²) in [6, 6.07) is 0. The minimum Gasteiger partial charge on any atom is -0.544 e. The zero-order valence-electron chi connectivity index (χ0n) is 13.1. The van der Waals surface area contributed by atoms with E-state index < -0.39 is 8.32 Å². The number of rotatable bonds is 3. The first-order chi connectivity index (χ1) is 8.04. The first-order valence-corrected chi connectivity index (χ1v) is 9.69. The third kappa shape index (κ3) is 3.38. The molecule has 0 spiro atoms. The third-order valence-corrected chi connectivity index (χ3v) is 8.57. The molecular weight excluding hydrogens is 236 g/mol. The second-order valence-electron chi connectivity index (χ2n) is 6.97. The van der Waals surface area contributed by atoms with Crippen LogP contribution in [0.4, 0.5) is 0 Å². The van der Waals surface area contributed by atoms with Gasteiger partial charge in [0.25, 0.3) is 0 Å². The highest BCUT2D eigenvalue weighted by Crippen LogP contribution is 2.40. The van der Waals surface area contributed by atoms with E-state index in [-0.39, 0.29) is 5.04 Å². The molecule has 0 bridgehead atoms. The molecule has 102 valence electrons. The first kappa shape index (κ1) is 15.3. The van der Waals surface area contributed by atoms with Gasteiger partial charge in [0.2, 0.25) is 8.32 Å². The zero-order chi connectivity index (χ0) is 14.1. The fraction of sp³-hybridized carbons (Fsp3) is 0.625. The molecular formula is C16H28OSi. The minimum absolute atomic E-state index is 0.240. The lowest BCUT2D eigenvalue weighted by molar-refractivity contribution is 0.385. The van der Waals surface area contributed by atoms with E-state index in [1.165, 1.54) is 11.1 Å². The zero-order valence-corrected chi connectivity index (χ0v) is 14.1. The van der Waals surface area contributed by atoms with E-state index in [1.807, 2.05) is 0 Å². The summed E-state index contributed by atoms with van der Waals surface area (Å²) >= 11 is 0. The largest absolute Gasteiger partial charge is 0.544 e. The molecule has 0 aromatic rings. The summed E-state index contributed by atoms with van der Waals surface area (Å²) in [6.45, 7) is 19.7. The van der Waals surface area contributed by atoms with Crippen LogP contribution in [0.1, 0.15) is 41.0 Å². The van der Waals surface area contributed by atoms with Crippen LogP contribution < -0.4 is 0 Å². The molecule has 1 atom stereocenters. The second kappa shape index (κ2) is 5.08. The average molecular weight is 264 g/mol. The molecule has 0 aliphatic heterocycles. The van der Waals surface area contributed by atoms with E-state index in [2.05, 4.69) is 66.4 Å². The molecule has 0 heterocycles. The first-order valence-electron chi connectivity index (χ1n) is 6.78. The Kier molecular flexibility index (Phi) is 4.32. The van der Waals surface area contributed by atoms with E-state index >= 15 is 0 Å². The lowest BCUT2D eigenvalue weighted by Gasteiger charge is -2.38. The van der Waals surface area contributed by atoms with Crippen LogP contribution in [0.25, 0.3) is 0 Å². The molecule has 2 heteroatoms. The summed E-state index contributed by atoms with van der Waals surface area (Å²) in [5.41, 5.74) is 2.49. The summed E-state index contributed by atoms with van der Waals surface area (Å²) in [7, 11) is -1.74. The summed E-state index contributed by atoms with van der Waals surface area (Å²) in [4.78, 5) is 0. The Labute approximate surface area is 114 Å². The van der Waals surface area contributed by atoms with E-state index in [0.29, 0.717) is 5.92 Å². The molecule has 1 nitrogen and oxygen atoms in total. The van der Waals surface area contributed by atoms with Crippen LogP contribution in [-0.2, 0) is 4.43 Å². The molecule has 0 radical (unpaired) electrons. The van der Waals surface area contributed by atoms with Gasteiger partial charge in [-0.1, -0.05) is 39.0 Å². The van der Waals surface area contributed by atoms with Crippen LogP contribution >= 0.6 is 0 Å². The van der Waals surface area contributed by atoms with Crippen LogP contribution in [0, 0.1) is 5.92 Å². The molecule has 0 saturated heterocycles. The van der Waals surface area contributed by atoms with Crippen LogP contribution in [0.15, 0.2) is 35.6 Å². The van der Waals surface area contributed by atoms with Crippen molar-refractivity contribution in [3.63, 3.8) is 0 Å². The monoisotopic (exact) mass is 264 g/mol. The maximum atomic E-state index is 6.43. The highest BCUT2D eigenvalue weighted by Gasteiger charge is 2.39. The molecule has 1 rings (SSSR count). The van der Waals surface area contributed by atoms with Gasteiger partial charge >= 0.3 is 0 Å². The Hall–Kier alpha value is -0.763. The van der Waals surface area contributed by atoms with Gasteiger partial charge < -0.3 is 4.43 Å². The SMILES string of the molecule is C=C(C)[C@H]1C=C(O[Si](C)(C)C(C)(C)C)C(C)=CC1. The second-order valence-corrected chi connectivity index (χ2v) is 11.7. The highest BCUT2D eigenvalue weighted by molar-refractivity contribution is 6.74. The topological polar surface area (TPSA) is 9.23 Å². The van der Waals surface area contributed by atoms with E-state index in [1.54, 1.807) is 0 Å². The Balaban J connectivity index is 2.94. The van der Waals surface area contributed by atoms with Crippen molar-refractivity contribution in [3.05, 3.63) is 35.6 Å². The Morgan fingerprint density at radius 2 is 1.94 bits per heavy atom. The molecule has 0 amide bonds. The minimum atomic E-state index is -1.74. The molecule has 0 fully saturated rings. The van der Waals surface area contributed by atoms with Gasteiger partial charge in [-0.25, -0.2) is 0 Å². The predicted octanol–water partition coefficient (Wildman–Crippen LogP) is 5.43. The Bertz CT molecular complexity index is 394. The Morgan fingerprint density at radius 1 is 1.39 bits per heavy atom. The Morgan fingerprint density at radius 3 is 2.39 bits per heavy atom. The quantitative estimate of drug-likeness (QED) is 0.487. The van der Waals surface area contributed by atoms with Crippen molar-refractivity contribution in [2.24, 2.45) is 5.92 Å². The van der Waals surface area contributed by atoms with Crippen molar-refractivity contribution in [3.8, 4) is 0 Å². The fourth-order valence-corrected chi connectivity index (χ4v) is 2.76. The maximum Gasteiger partial charge on any atom is 0.250 e. The van der Waals surface area contributed by atoms with E-state index in [0.717, 1.165) is 12.2 Å². The van der Waals surface area contributed by atoms with Crippen LogP contribution in [0.2, 0.25) is 18.1 Å². The van der Waals surface area contributed by atoms with Crippen molar-refractivity contribution in [1.82, 2.24) is 0 Å². The predicted molar refractivity (Wildman–Crippen MR) is 83.0 cm³/mol. The summed E-state index contributed by atoms with van der Waals surface area (Å²) < 4.78 is 6.43. The maximum absolute atomic E-state index is 6.43. The molecule has 0 N–H and O–H groups in total. The van der Waals surface area contributed by atoms with Crippen molar-refractivity contribution in [1.29, 1.82) is 0 Å². The van der Waals surface area contributed by atoms with Crippen LogP contribution in [-0.4, -0.2) is 8.32 Å². The standard InChI is InChI=1S/C16H28OSi/c1-12(2)14-10-9-13(3)15(11-14)17-18(7,8)16(4,5)6/h9,11,14H,1,10H2,2-8H3/t14-/m1/s1. The molecule has 0 aromatic heterocycles. The number of hydrogen-bond acceptors (Lipinski definition) is 1. The molecule has 0 saturated carbocycles. The fourth-order valence-electron chi connectivity index (χ4n) is 1.67. The van der Waals surface area contributed by atoms with Gasteiger partial charge in [0.05, 0.1) is 0 Å². The van der Waals surface area contributed by atoms with Crippen molar-refractivity contribution >= 4 is 8.32 Å². The molecule has 0 aromatic carbocycles. The summed E-state index contributed by atoms with van der Waals surface area (Å²) in [5.74, 6) is 1.52. The molecule has 1 aliphatic rings. The highest BCUT2D eigenvalue weighted by atomic mass is 28.4. The van der Waals surface area contributed by atoms with Gasteiger partial charge in [-0.15, -0.1) is 0 Å². The van der Waals surface area contributed by atoms with Gasteiger partial charge in [-0.05, 0) is 50.0 Å². The number of allylic oxidation sites excluding steroid dienone is 4. The van der Waals surface area contributed by atoms with Crippen molar-refractivity contribution < 1.29 is 4.43 Å². The summed E-state index contributed by atoms with van der Waals surface area (Å²) in [5, 5.41) is 0.240. The van der Waals surface area contributed by atoms with Crippen LogP contribution in [0.5, 0.6) is 0 Å². The van der Waals surface area contributed by atoms with E-state index in [4.69, 9.17) is 4.43 Å². The van der Waals surface area contributed by atoms with Gasteiger partial charge in [0, 0.05) is 5.92 Å². The van der Waals surface area contributed by atoms with Gasteiger partial charge in [-0.3, -0.25) is 0 Å². The smallest absolute Gasteiger partial charge is 0.250 e. The van der Waals surface area contributed by atoms with E-state index in [9.17, 15) is 0 Å². The molecule has 18 heavy (non-hydrogen) atoms. The van der Waals surface area contributed by atoms with Gasteiger partial charge in [-0.2, -0.15) is 0 Å². The normalized spacial score (nSPS) is 21.2. The third-order valence-electron chi connectivity index (χ3n) is 4.22. The molecule has 1 aliphatic carbocycles. The summed E-state index contributed by atoms with van der Waals surface area (Å²) in [6.07, 6.45) is 5.60. The molecule has 0 unspecified atom stereocenters. The van der Waals surface area contributed by atoms with Gasteiger partial charge in [0.15, 0.2) is 0 Å².